The van der Waals surface area contributed by atoms with Gasteiger partial charge in [-0.1, -0.05) is 39.5 Å². The van der Waals surface area contributed by atoms with Crippen LogP contribution in [0.5, 0.6) is 0 Å². The third-order valence-corrected chi connectivity index (χ3v) is 5.40. The fourth-order valence-corrected chi connectivity index (χ4v) is 3.78. The van der Waals surface area contributed by atoms with Crippen molar-refractivity contribution in [1.29, 1.82) is 0 Å². The number of rotatable bonds is 13. The SMILES string of the molecule is CCCCCC(=O)NCCCCCP(=O)(O)CCCC. The number of carbonyl (C=O) groups excluding carboxylic acids is 1. The summed E-state index contributed by atoms with van der Waals surface area (Å²) in [5, 5.41) is 2.90. The molecule has 0 fully saturated rings. The van der Waals surface area contributed by atoms with E-state index in [0.717, 1.165) is 51.4 Å². The monoisotopic (exact) mass is 305 g/mol. The first-order chi connectivity index (χ1) is 9.52. The number of unbranched alkanes of at least 4 members (excludes halogenated alkanes) is 5. The number of hydrogen-bond donors (Lipinski definition) is 2. The van der Waals surface area contributed by atoms with Crippen LogP contribution in [0.1, 0.15) is 71.6 Å². The van der Waals surface area contributed by atoms with E-state index in [1.807, 2.05) is 6.92 Å². The van der Waals surface area contributed by atoms with Crippen LogP contribution in [0.4, 0.5) is 0 Å². The third kappa shape index (κ3) is 12.7. The summed E-state index contributed by atoms with van der Waals surface area (Å²) < 4.78 is 11.7. The van der Waals surface area contributed by atoms with E-state index < -0.39 is 7.37 Å². The first-order valence-corrected chi connectivity index (χ1v) is 10.1. The smallest absolute Gasteiger partial charge is 0.219 e. The molecule has 0 radical (unpaired) electrons. The van der Waals surface area contributed by atoms with Crippen molar-refractivity contribution in [2.75, 3.05) is 18.9 Å². The topological polar surface area (TPSA) is 66.4 Å². The maximum absolute atomic E-state index is 11.7. The van der Waals surface area contributed by atoms with Crippen LogP contribution in [-0.4, -0.2) is 29.7 Å². The first kappa shape index (κ1) is 19.7. The van der Waals surface area contributed by atoms with Gasteiger partial charge in [-0.2, -0.15) is 0 Å². The summed E-state index contributed by atoms with van der Waals surface area (Å²) in [5.74, 6) is 0.134. The molecule has 120 valence electrons. The summed E-state index contributed by atoms with van der Waals surface area (Å²) >= 11 is 0. The Morgan fingerprint density at radius 3 is 2.25 bits per heavy atom. The lowest BCUT2D eigenvalue weighted by Crippen LogP contribution is -2.23. The van der Waals surface area contributed by atoms with Gasteiger partial charge in [0.15, 0.2) is 0 Å². The first-order valence-electron chi connectivity index (χ1n) is 8.09. The molecule has 0 spiro atoms. The maximum Gasteiger partial charge on any atom is 0.219 e. The lowest BCUT2D eigenvalue weighted by atomic mass is 10.2. The molecular formula is C15H32NO3P. The highest BCUT2D eigenvalue weighted by molar-refractivity contribution is 7.57. The van der Waals surface area contributed by atoms with Gasteiger partial charge in [0.05, 0.1) is 0 Å². The molecule has 0 saturated carbocycles. The zero-order valence-corrected chi connectivity index (χ0v) is 14.1. The fourth-order valence-electron chi connectivity index (χ4n) is 2.03. The highest BCUT2D eigenvalue weighted by Crippen LogP contribution is 2.42. The van der Waals surface area contributed by atoms with E-state index in [4.69, 9.17) is 0 Å². The third-order valence-electron chi connectivity index (χ3n) is 3.37. The molecule has 5 heteroatoms. The largest absolute Gasteiger partial charge is 0.356 e. The lowest BCUT2D eigenvalue weighted by molar-refractivity contribution is -0.121. The minimum absolute atomic E-state index is 0.134. The predicted molar refractivity (Wildman–Crippen MR) is 85.5 cm³/mol. The average Bonchev–Trinajstić information content (AvgIpc) is 2.41. The molecule has 0 aromatic carbocycles. The van der Waals surface area contributed by atoms with Gasteiger partial charge in [0.25, 0.3) is 0 Å². The highest BCUT2D eigenvalue weighted by atomic mass is 31.2. The molecule has 1 unspecified atom stereocenters. The molecular weight excluding hydrogens is 273 g/mol. The molecule has 0 aliphatic rings. The summed E-state index contributed by atoms with van der Waals surface area (Å²) in [4.78, 5) is 21.1. The Bertz CT molecular complexity index is 295. The van der Waals surface area contributed by atoms with Crippen LogP contribution in [0.25, 0.3) is 0 Å². The van der Waals surface area contributed by atoms with Crippen LogP contribution in [0, 0.1) is 0 Å². The van der Waals surface area contributed by atoms with Gasteiger partial charge in [-0.25, -0.2) is 0 Å². The number of amides is 1. The van der Waals surface area contributed by atoms with Crippen molar-refractivity contribution in [3.05, 3.63) is 0 Å². The van der Waals surface area contributed by atoms with Crippen molar-refractivity contribution in [2.45, 2.75) is 71.6 Å². The minimum atomic E-state index is -2.88. The molecule has 2 N–H and O–H groups in total. The molecule has 0 aliphatic carbocycles. The maximum atomic E-state index is 11.7. The molecule has 4 nitrogen and oxygen atoms in total. The molecule has 0 aliphatic heterocycles. The Labute approximate surface area is 124 Å². The zero-order chi connectivity index (χ0) is 15.3. The van der Waals surface area contributed by atoms with Crippen molar-refractivity contribution in [2.24, 2.45) is 0 Å². The van der Waals surface area contributed by atoms with Crippen molar-refractivity contribution in [1.82, 2.24) is 5.32 Å². The molecule has 0 bridgehead atoms. The zero-order valence-electron chi connectivity index (χ0n) is 13.2. The Morgan fingerprint density at radius 2 is 1.60 bits per heavy atom. The molecule has 20 heavy (non-hydrogen) atoms. The second kappa shape index (κ2) is 12.4. The van der Waals surface area contributed by atoms with E-state index >= 15 is 0 Å². The highest BCUT2D eigenvalue weighted by Gasteiger charge is 2.15. The Morgan fingerprint density at radius 1 is 0.950 bits per heavy atom. The molecule has 1 amide bonds. The normalized spacial score (nSPS) is 13.9. The second-order valence-corrected chi connectivity index (χ2v) is 8.10. The Hall–Kier alpha value is -0.340. The van der Waals surface area contributed by atoms with Gasteiger partial charge in [-0.05, 0) is 25.7 Å². The van der Waals surface area contributed by atoms with Gasteiger partial charge >= 0.3 is 0 Å². The van der Waals surface area contributed by atoms with E-state index in [1.54, 1.807) is 0 Å². The van der Waals surface area contributed by atoms with Gasteiger partial charge < -0.3 is 10.2 Å². The molecule has 0 aromatic heterocycles. The van der Waals surface area contributed by atoms with E-state index in [9.17, 15) is 14.3 Å². The van der Waals surface area contributed by atoms with Crippen molar-refractivity contribution >= 4 is 13.3 Å². The van der Waals surface area contributed by atoms with Gasteiger partial charge in [0, 0.05) is 25.3 Å². The second-order valence-electron chi connectivity index (χ2n) is 5.51. The van der Waals surface area contributed by atoms with Gasteiger partial charge in [-0.3, -0.25) is 9.36 Å². The predicted octanol–water partition coefficient (Wildman–Crippen LogP) is 3.92. The summed E-state index contributed by atoms with van der Waals surface area (Å²) in [7, 11) is -2.88. The molecule has 0 aromatic rings. The van der Waals surface area contributed by atoms with Crippen LogP contribution in [-0.2, 0) is 9.36 Å². The van der Waals surface area contributed by atoms with Gasteiger partial charge in [0.2, 0.25) is 13.3 Å². The van der Waals surface area contributed by atoms with Crippen molar-refractivity contribution < 1.29 is 14.3 Å². The van der Waals surface area contributed by atoms with E-state index in [1.165, 1.54) is 0 Å². The van der Waals surface area contributed by atoms with Crippen LogP contribution >= 0.6 is 7.37 Å². The molecule has 0 rings (SSSR count). The van der Waals surface area contributed by atoms with Crippen molar-refractivity contribution in [3.8, 4) is 0 Å². The summed E-state index contributed by atoms with van der Waals surface area (Å²) in [6.07, 6.45) is 9.10. The molecule has 0 saturated heterocycles. The standard InChI is InChI=1S/C15H32NO3P/c1-3-5-8-11-15(17)16-12-9-7-10-14-20(18,19)13-6-4-2/h3-14H2,1-2H3,(H,16,17)(H,18,19). The summed E-state index contributed by atoms with van der Waals surface area (Å²) in [6, 6.07) is 0. The minimum Gasteiger partial charge on any atom is -0.356 e. The van der Waals surface area contributed by atoms with Crippen LogP contribution in [0.2, 0.25) is 0 Å². The Balaban J connectivity index is 3.44. The average molecular weight is 305 g/mol. The number of nitrogens with one attached hydrogen (secondary N) is 1. The number of hydrogen-bond acceptors (Lipinski definition) is 2. The summed E-state index contributed by atoms with van der Waals surface area (Å²) in [5.41, 5.74) is 0. The van der Waals surface area contributed by atoms with Crippen molar-refractivity contribution in [3.63, 3.8) is 0 Å². The number of carbonyl (C=O) groups is 1. The van der Waals surface area contributed by atoms with Crippen LogP contribution in [0.15, 0.2) is 0 Å². The molecule has 1 atom stereocenters. The quantitative estimate of drug-likeness (QED) is 0.400. The Kier molecular flexibility index (Phi) is 12.2. The van der Waals surface area contributed by atoms with E-state index in [-0.39, 0.29) is 5.91 Å². The van der Waals surface area contributed by atoms with Crippen LogP contribution in [0.3, 0.4) is 0 Å². The van der Waals surface area contributed by atoms with Gasteiger partial charge in [0.1, 0.15) is 0 Å². The summed E-state index contributed by atoms with van der Waals surface area (Å²) in [6.45, 7) is 4.84. The lowest BCUT2D eigenvalue weighted by Gasteiger charge is -2.10. The van der Waals surface area contributed by atoms with Crippen LogP contribution < -0.4 is 5.32 Å². The van der Waals surface area contributed by atoms with Gasteiger partial charge in [-0.15, -0.1) is 0 Å². The fraction of sp³-hybridized carbons (Fsp3) is 0.933. The molecule has 0 heterocycles. The van der Waals surface area contributed by atoms with E-state index in [0.29, 0.717) is 25.3 Å². The van der Waals surface area contributed by atoms with E-state index in [2.05, 4.69) is 12.2 Å².